The topological polar surface area (TPSA) is 25.8 Å². The van der Waals surface area contributed by atoms with Crippen LogP contribution in [0.3, 0.4) is 0 Å². The van der Waals surface area contributed by atoms with Gasteiger partial charge in [-0.1, -0.05) is 25.4 Å². The van der Waals surface area contributed by atoms with Gasteiger partial charge in [0, 0.05) is 10.8 Å². The summed E-state index contributed by atoms with van der Waals surface area (Å²) < 4.78 is 0. The predicted octanol–water partition coefficient (Wildman–Crippen LogP) is 5.65. The van der Waals surface area contributed by atoms with Gasteiger partial charge < -0.3 is 0 Å². The summed E-state index contributed by atoms with van der Waals surface area (Å²) in [5.41, 5.74) is 1.70. The lowest BCUT2D eigenvalue weighted by molar-refractivity contribution is 0.221. The molecule has 0 aliphatic heterocycles. The van der Waals surface area contributed by atoms with E-state index in [4.69, 9.17) is 16.6 Å². The quantitative estimate of drug-likeness (QED) is 0.637. The number of halogens is 1. The van der Waals surface area contributed by atoms with E-state index in [0.29, 0.717) is 16.5 Å². The van der Waals surface area contributed by atoms with E-state index in [1.54, 1.807) is 11.3 Å². The Hall–Kier alpha value is -0.670. The first kappa shape index (κ1) is 14.3. The molecule has 0 atom stereocenters. The van der Waals surface area contributed by atoms with Gasteiger partial charge in [-0.3, -0.25) is 0 Å². The van der Waals surface area contributed by atoms with E-state index in [-0.39, 0.29) is 0 Å². The van der Waals surface area contributed by atoms with Crippen molar-refractivity contribution in [3.63, 3.8) is 0 Å². The molecule has 1 aliphatic carbocycles. The zero-order chi connectivity index (χ0) is 14.5. The van der Waals surface area contributed by atoms with Crippen molar-refractivity contribution in [3.05, 3.63) is 21.4 Å². The van der Waals surface area contributed by atoms with E-state index >= 15 is 0 Å². The third-order valence-corrected chi connectivity index (χ3v) is 6.08. The lowest BCUT2D eigenvalue weighted by Gasteiger charge is -2.33. The summed E-state index contributed by atoms with van der Waals surface area (Å²) in [6.07, 6.45) is 4.86. The van der Waals surface area contributed by atoms with Crippen molar-refractivity contribution in [3.8, 4) is 0 Å². The highest BCUT2D eigenvalue weighted by Crippen LogP contribution is 2.42. The van der Waals surface area contributed by atoms with Gasteiger partial charge in [0.2, 0.25) is 0 Å². The van der Waals surface area contributed by atoms with Gasteiger partial charge >= 0.3 is 0 Å². The second kappa shape index (κ2) is 4.96. The Morgan fingerprint density at radius 2 is 1.80 bits per heavy atom. The van der Waals surface area contributed by atoms with Crippen molar-refractivity contribution in [2.45, 2.75) is 59.3 Å². The molecule has 1 fully saturated rings. The van der Waals surface area contributed by atoms with E-state index in [0.717, 1.165) is 16.0 Å². The normalized spacial score (nSPS) is 19.6. The summed E-state index contributed by atoms with van der Waals surface area (Å²) in [5, 5.41) is 1.69. The molecule has 0 saturated heterocycles. The molecule has 2 aromatic rings. The van der Waals surface area contributed by atoms with Gasteiger partial charge in [0.05, 0.1) is 5.39 Å². The maximum atomic E-state index is 6.41. The summed E-state index contributed by atoms with van der Waals surface area (Å²) in [4.78, 5) is 11.8. The van der Waals surface area contributed by atoms with E-state index in [9.17, 15) is 0 Å². The third kappa shape index (κ3) is 2.46. The maximum absolute atomic E-state index is 6.41. The van der Waals surface area contributed by atoms with E-state index in [1.165, 1.54) is 36.1 Å². The van der Waals surface area contributed by atoms with Crippen LogP contribution in [0.2, 0.25) is 5.15 Å². The van der Waals surface area contributed by atoms with Crippen molar-refractivity contribution < 1.29 is 0 Å². The van der Waals surface area contributed by atoms with Gasteiger partial charge in [-0.25, -0.2) is 9.97 Å². The number of nitrogens with zero attached hydrogens (tertiary/aromatic N) is 2. The smallest absolute Gasteiger partial charge is 0.141 e. The second-order valence-corrected chi connectivity index (χ2v) is 8.34. The summed E-state index contributed by atoms with van der Waals surface area (Å²) >= 11 is 8.15. The lowest BCUT2D eigenvalue weighted by Crippen LogP contribution is -2.21. The van der Waals surface area contributed by atoms with Crippen LogP contribution in [0.5, 0.6) is 0 Å². The molecule has 0 unspecified atom stereocenters. The Morgan fingerprint density at radius 3 is 2.45 bits per heavy atom. The molecule has 0 radical (unpaired) electrons. The lowest BCUT2D eigenvalue weighted by atomic mass is 9.73. The molecule has 0 N–H and O–H groups in total. The highest BCUT2D eigenvalue weighted by atomic mass is 35.5. The molecule has 108 valence electrons. The number of thiophene rings is 1. The summed E-state index contributed by atoms with van der Waals surface area (Å²) in [6, 6.07) is 0. The van der Waals surface area contributed by atoms with Crippen LogP contribution >= 0.6 is 22.9 Å². The Morgan fingerprint density at radius 1 is 1.15 bits per heavy atom. The zero-order valence-electron chi connectivity index (χ0n) is 12.6. The van der Waals surface area contributed by atoms with Crippen molar-refractivity contribution in [1.29, 1.82) is 0 Å². The number of aryl methyl sites for hydroxylation is 2. The Kier molecular flexibility index (Phi) is 3.54. The molecule has 0 bridgehead atoms. The third-order valence-electron chi connectivity index (χ3n) is 4.71. The highest BCUT2D eigenvalue weighted by molar-refractivity contribution is 7.18. The van der Waals surface area contributed by atoms with Crippen molar-refractivity contribution >= 4 is 33.2 Å². The van der Waals surface area contributed by atoms with Crippen molar-refractivity contribution in [2.75, 3.05) is 0 Å². The summed E-state index contributed by atoms with van der Waals surface area (Å²) in [6.45, 7) is 8.94. The molecule has 1 saturated carbocycles. The van der Waals surface area contributed by atoms with Gasteiger partial charge in [0.15, 0.2) is 0 Å². The van der Waals surface area contributed by atoms with Crippen LogP contribution in [-0.2, 0) is 0 Å². The number of aromatic nitrogens is 2. The Bertz CT molecular complexity index is 650. The maximum Gasteiger partial charge on any atom is 0.141 e. The number of fused-ring (bicyclic) bond motifs is 1. The zero-order valence-corrected chi connectivity index (χ0v) is 14.2. The summed E-state index contributed by atoms with van der Waals surface area (Å²) in [5.74, 6) is 1.44. The number of rotatable bonds is 1. The fourth-order valence-electron chi connectivity index (χ4n) is 3.06. The first-order valence-corrected chi connectivity index (χ1v) is 8.50. The molecular weight excluding hydrogens is 288 g/mol. The number of hydrogen-bond acceptors (Lipinski definition) is 3. The van der Waals surface area contributed by atoms with Gasteiger partial charge in [0.25, 0.3) is 0 Å². The fourth-order valence-corrected chi connectivity index (χ4v) is 4.47. The van der Waals surface area contributed by atoms with Crippen LogP contribution in [-0.4, -0.2) is 9.97 Å². The molecule has 0 amide bonds. The van der Waals surface area contributed by atoms with Gasteiger partial charge in [-0.05, 0) is 50.5 Å². The average Bonchev–Trinajstić information content (AvgIpc) is 2.65. The van der Waals surface area contributed by atoms with E-state index in [1.807, 2.05) is 0 Å². The average molecular weight is 309 g/mol. The first-order valence-electron chi connectivity index (χ1n) is 7.30. The van der Waals surface area contributed by atoms with E-state index < -0.39 is 0 Å². The molecule has 0 spiro atoms. The van der Waals surface area contributed by atoms with E-state index in [2.05, 4.69) is 32.7 Å². The van der Waals surface area contributed by atoms with Crippen LogP contribution in [0.1, 0.15) is 61.7 Å². The van der Waals surface area contributed by atoms with Gasteiger partial charge in [-0.2, -0.15) is 0 Å². The molecule has 2 aromatic heterocycles. The van der Waals surface area contributed by atoms with Crippen molar-refractivity contribution in [2.24, 2.45) is 5.41 Å². The highest BCUT2D eigenvalue weighted by Gasteiger charge is 2.29. The van der Waals surface area contributed by atoms with Crippen LogP contribution in [0.15, 0.2) is 0 Å². The molecule has 3 rings (SSSR count). The molecular formula is C16H21ClN2S. The molecule has 4 heteroatoms. The molecule has 20 heavy (non-hydrogen) atoms. The molecule has 1 aliphatic rings. The van der Waals surface area contributed by atoms with Gasteiger partial charge in [0.1, 0.15) is 15.8 Å². The van der Waals surface area contributed by atoms with Crippen LogP contribution in [0.4, 0.5) is 0 Å². The number of hydrogen-bond donors (Lipinski definition) is 0. The van der Waals surface area contributed by atoms with Crippen LogP contribution < -0.4 is 0 Å². The minimum Gasteiger partial charge on any atom is -0.222 e. The molecule has 0 aromatic carbocycles. The SMILES string of the molecule is Cc1sc2nc(C3CCC(C)(C)CC3)nc(Cl)c2c1C. The largest absolute Gasteiger partial charge is 0.222 e. The monoisotopic (exact) mass is 308 g/mol. The standard InChI is InChI=1S/C16H21ClN2S/c1-9-10(2)20-15-12(9)13(17)18-14(19-15)11-5-7-16(3,4)8-6-11/h11H,5-8H2,1-4H3. The predicted molar refractivity (Wildman–Crippen MR) is 86.9 cm³/mol. The van der Waals surface area contributed by atoms with Crippen LogP contribution in [0.25, 0.3) is 10.2 Å². The Balaban J connectivity index is 1.97. The minimum absolute atomic E-state index is 0.473. The Labute approximate surface area is 129 Å². The minimum atomic E-state index is 0.473. The fraction of sp³-hybridized carbons (Fsp3) is 0.625. The van der Waals surface area contributed by atoms with Crippen molar-refractivity contribution in [1.82, 2.24) is 9.97 Å². The summed E-state index contributed by atoms with van der Waals surface area (Å²) in [7, 11) is 0. The molecule has 2 nitrogen and oxygen atoms in total. The molecule has 2 heterocycles. The van der Waals surface area contributed by atoms with Gasteiger partial charge in [-0.15, -0.1) is 11.3 Å². The second-order valence-electron chi connectivity index (χ2n) is 6.77. The van der Waals surface area contributed by atoms with Crippen LogP contribution in [0, 0.1) is 19.3 Å². The first-order chi connectivity index (χ1) is 9.37.